The van der Waals surface area contributed by atoms with Crippen molar-refractivity contribution in [1.82, 2.24) is 9.55 Å². The zero-order valence-electron chi connectivity index (χ0n) is 15.6. The van der Waals surface area contributed by atoms with E-state index in [1.54, 1.807) is 0 Å². The Kier molecular flexibility index (Phi) is 5.78. The molecule has 0 radical (unpaired) electrons. The number of H-pyrrole nitrogens is 1. The van der Waals surface area contributed by atoms with Gasteiger partial charge in [0.2, 0.25) is 5.91 Å². The first kappa shape index (κ1) is 18.9. The molecule has 3 rings (SSSR count). The van der Waals surface area contributed by atoms with E-state index in [1.165, 1.54) is 42.2 Å². The molecule has 0 unspecified atom stereocenters. The molecule has 1 aliphatic rings. The van der Waals surface area contributed by atoms with Gasteiger partial charge in [-0.05, 0) is 17.9 Å². The summed E-state index contributed by atoms with van der Waals surface area (Å²) in [7, 11) is 1.54. The second-order valence-electron chi connectivity index (χ2n) is 7.21. The number of nitrogens with zero attached hydrogens (tertiary/aromatic N) is 2. The summed E-state index contributed by atoms with van der Waals surface area (Å²) in [6, 6.07) is 9.34. The number of anilines is 2. The van der Waals surface area contributed by atoms with Crippen LogP contribution in [-0.2, 0) is 11.3 Å². The molecule has 7 nitrogen and oxygen atoms in total. The Morgan fingerprint density at radius 1 is 1.22 bits per heavy atom. The van der Waals surface area contributed by atoms with Gasteiger partial charge in [0.05, 0.1) is 6.54 Å². The molecule has 1 saturated carbocycles. The summed E-state index contributed by atoms with van der Waals surface area (Å²) in [4.78, 5) is 40.7. The topological polar surface area (TPSA) is 101 Å². The quantitative estimate of drug-likeness (QED) is 0.813. The van der Waals surface area contributed by atoms with Crippen LogP contribution in [0.15, 0.2) is 39.9 Å². The molecule has 0 aliphatic heterocycles. The largest absolute Gasteiger partial charge is 0.383 e. The molecular weight excluding hydrogens is 344 g/mol. The number of rotatable bonds is 6. The number of nitrogens with one attached hydrogen (secondary N) is 1. The molecule has 0 atom stereocenters. The van der Waals surface area contributed by atoms with Crippen molar-refractivity contribution >= 4 is 17.4 Å². The van der Waals surface area contributed by atoms with Gasteiger partial charge in [-0.2, -0.15) is 0 Å². The highest BCUT2D eigenvalue weighted by Crippen LogP contribution is 2.29. The van der Waals surface area contributed by atoms with Crippen molar-refractivity contribution in [3.8, 4) is 0 Å². The highest BCUT2D eigenvalue weighted by Gasteiger charge is 2.23. The Labute approximate surface area is 157 Å². The summed E-state index contributed by atoms with van der Waals surface area (Å²) in [5.74, 6) is 0.429. The Balaban J connectivity index is 1.83. The molecule has 0 spiro atoms. The molecule has 1 aromatic carbocycles. The lowest BCUT2D eigenvalue weighted by Crippen LogP contribution is -2.39. The van der Waals surface area contributed by atoms with Crippen LogP contribution >= 0.6 is 0 Å². The first-order valence-corrected chi connectivity index (χ1v) is 9.40. The lowest BCUT2D eigenvalue weighted by molar-refractivity contribution is -0.118. The predicted octanol–water partition coefficient (Wildman–Crippen LogP) is 2.10. The molecule has 1 fully saturated rings. The normalized spacial score (nSPS) is 14.4. The van der Waals surface area contributed by atoms with Crippen molar-refractivity contribution < 1.29 is 4.79 Å². The molecular formula is C20H26N4O3. The number of benzene rings is 1. The van der Waals surface area contributed by atoms with Crippen molar-refractivity contribution in [2.75, 3.05) is 17.7 Å². The van der Waals surface area contributed by atoms with Gasteiger partial charge >= 0.3 is 5.69 Å². The van der Waals surface area contributed by atoms with E-state index in [0.29, 0.717) is 12.3 Å². The number of hydrogen-bond donors (Lipinski definition) is 2. The SMILES string of the molecule is CN(C(=O)CCC1CCCC1)c1c(N)n(Cc2ccccc2)c(=O)[nH]c1=O. The summed E-state index contributed by atoms with van der Waals surface area (Å²) < 4.78 is 1.28. The third-order valence-electron chi connectivity index (χ3n) is 5.35. The van der Waals surface area contributed by atoms with Gasteiger partial charge in [0, 0.05) is 13.5 Å². The van der Waals surface area contributed by atoms with E-state index in [4.69, 9.17) is 5.73 Å². The number of amides is 1. The molecule has 0 bridgehead atoms. The van der Waals surface area contributed by atoms with E-state index in [-0.39, 0.29) is 24.0 Å². The van der Waals surface area contributed by atoms with E-state index in [2.05, 4.69) is 4.98 Å². The maximum atomic E-state index is 12.6. The van der Waals surface area contributed by atoms with Gasteiger partial charge in [0.15, 0.2) is 5.69 Å². The van der Waals surface area contributed by atoms with Crippen LogP contribution in [0.1, 0.15) is 44.1 Å². The average Bonchev–Trinajstić information content (AvgIpc) is 3.17. The minimum Gasteiger partial charge on any atom is -0.383 e. The fourth-order valence-electron chi connectivity index (χ4n) is 3.74. The van der Waals surface area contributed by atoms with Crippen molar-refractivity contribution in [3.63, 3.8) is 0 Å². The summed E-state index contributed by atoms with van der Waals surface area (Å²) >= 11 is 0. The monoisotopic (exact) mass is 370 g/mol. The van der Waals surface area contributed by atoms with Crippen molar-refractivity contribution in [2.24, 2.45) is 5.92 Å². The van der Waals surface area contributed by atoms with Crippen molar-refractivity contribution in [2.45, 2.75) is 45.1 Å². The van der Waals surface area contributed by atoms with Gasteiger partial charge in [0.1, 0.15) is 5.82 Å². The lowest BCUT2D eigenvalue weighted by atomic mass is 10.0. The van der Waals surface area contributed by atoms with Gasteiger partial charge in [0.25, 0.3) is 5.56 Å². The number of aromatic nitrogens is 2. The highest BCUT2D eigenvalue weighted by molar-refractivity contribution is 5.94. The molecule has 7 heteroatoms. The molecule has 0 saturated heterocycles. The second kappa shape index (κ2) is 8.24. The smallest absolute Gasteiger partial charge is 0.330 e. The standard InChI is InChI=1S/C20H26N4O3/c1-23(16(25)12-11-14-7-5-6-8-14)17-18(21)24(20(27)22-19(17)26)13-15-9-3-2-4-10-15/h2-4,9-10,14H,5-8,11-13,21H2,1H3,(H,22,26,27). The zero-order chi connectivity index (χ0) is 19.4. The van der Waals surface area contributed by atoms with Gasteiger partial charge < -0.3 is 10.6 Å². The van der Waals surface area contributed by atoms with Crippen LogP contribution in [0.3, 0.4) is 0 Å². The minimum atomic E-state index is -0.640. The fraction of sp³-hybridized carbons (Fsp3) is 0.450. The van der Waals surface area contributed by atoms with Crippen LogP contribution in [0.25, 0.3) is 0 Å². The molecule has 27 heavy (non-hydrogen) atoms. The average molecular weight is 370 g/mol. The third kappa shape index (κ3) is 4.30. The first-order chi connectivity index (χ1) is 13.0. The Hall–Kier alpha value is -2.83. The van der Waals surface area contributed by atoms with E-state index in [9.17, 15) is 14.4 Å². The maximum Gasteiger partial charge on any atom is 0.330 e. The summed E-state index contributed by atoms with van der Waals surface area (Å²) in [5, 5.41) is 0. The lowest BCUT2D eigenvalue weighted by Gasteiger charge is -2.21. The van der Waals surface area contributed by atoms with Gasteiger partial charge in [-0.25, -0.2) is 4.79 Å². The first-order valence-electron chi connectivity index (χ1n) is 9.40. The van der Waals surface area contributed by atoms with E-state index in [1.807, 2.05) is 30.3 Å². The van der Waals surface area contributed by atoms with Crippen LogP contribution in [0.4, 0.5) is 11.5 Å². The van der Waals surface area contributed by atoms with E-state index in [0.717, 1.165) is 12.0 Å². The number of carbonyl (C=O) groups is 1. The molecule has 1 amide bonds. The van der Waals surface area contributed by atoms with Crippen molar-refractivity contribution in [3.05, 3.63) is 56.7 Å². The number of hydrogen-bond acceptors (Lipinski definition) is 4. The highest BCUT2D eigenvalue weighted by atomic mass is 16.2. The molecule has 3 N–H and O–H groups in total. The molecule has 144 valence electrons. The van der Waals surface area contributed by atoms with Crippen molar-refractivity contribution in [1.29, 1.82) is 0 Å². The Bertz CT molecular complexity index is 911. The van der Waals surface area contributed by atoms with E-state index >= 15 is 0 Å². The molecule has 1 aromatic heterocycles. The van der Waals surface area contributed by atoms with Crippen LogP contribution in [0.5, 0.6) is 0 Å². The predicted molar refractivity (Wildman–Crippen MR) is 106 cm³/mol. The van der Waals surface area contributed by atoms with Gasteiger partial charge in [-0.15, -0.1) is 0 Å². The van der Waals surface area contributed by atoms with Crippen LogP contribution in [-0.4, -0.2) is 22.5 Å². The van der Waals surface area contributed by atoms with Crippen LogP contribution < -0.4 is 21.9 Å². The maximum absolute atomic E-state index is 12.6. The van der Waals surface area contributed by atoms with Gasteiger partial charge in [-0.3, -0.25) is 19.1 Å². The molecule has 1 aliphatic carbocycles. The zero-order valence-corrected chi connectivity index (χ0v) is 15.6. The Morgan fingerprint density at radius 2 is 1.89 bits per heavy atom. The minimum absolute atomic E-state index is 0.00400. The Morgan fingerprint density at radius 3 is 2.56 bits per heavy atom. The fourth-order valence-corrected chi connectivity index (χ4v) is 3.74. The summed E-state index contributed by atoms with van der Waals surface area (Å²) in [6.45, 7) is 0.222. The molecule has 1 heterocycles. The third-order valence-corrected chi connectivity index (χ3v) is 5.35. The number of nitrogens with two attached hydrogens (primary N) is 1. The number of carbonyl (C=O) groups excluding carboxylic acids is 1. The van der Waals surface area contributed by atoms with E-state index < -0.39 is 11.2 Å². The summed E-state index contributed by atoms with van der Waals surface area (Å²) in [6.07, 6.45) is 5.99. The number of aromatic amines is 1. The second-order valence-corrected chi connectivity index (χ2v) is 7.21. The summed E-state index contributed by atoms with van der Waals surface area (Å²) in [5.41, 5.74) is 5.82. The van der Waals surface area contributed by atoms with Gasteiger partial charge in [-0.1, -0.05) is 56.0 Å². The van der Waals surface area contributed by atoms with Crippen LogP contribution in [0, 0.1) is 5.92 Å². The van der Waals surface area contributed by atoms with Crippen LogP contribution in [0.2, 0.25) is 0 Å². The molecule has 2 aromatic rings. The number of nitrogen functional groups attached to an aromatic ring is 1.